The molecule has 1 heterocycles. The predicted molar refractivity (Wildman–Crippen MR) is 82.1 cm³/mol. The highest BCUT2D eigenvalue weighted by Gasteiger charge is 2.29. The summed E-state index contributed by atoms with van der Waals surface area (Å²) in [5.74, 6) is -0.667. The van der Waals surface area contributed by atoms with E-state index in [0.29, 0.717) is 12.6 Å². The lowest BCUT2D eigenvalue weighted by Crippen LogP contribution is -2.38. The van der Waals surface area contributed by atoms with Crippen LogP contribution in [0.2, 0.25) is 0 Å². The van der Waals surface area contributed by atoms with Crippen molar-refractivity contribution in [1.29, 1.82) is 0 Å². The summed E-state index contributed by atoms with van der Waals surface area (Å²) in [6.45, 7) is 1.44. The van der Waals surface area contributed by atoms with Gasteiger partial charge in [0.25, 0.3) is 0 Å². The molecule has 2 aromatic carbocycles. The lowest BCUT2D eigenvalue weighted by Gasteiger charge is -2.37. The molecule has 0 bridgehead atoms. The molecule has 0 spiro atoms. The van der Waals surface area contributed by atoms with Gasteiger partial charge >= 0.3 is 0 Å². The Hall–Kier alpha value is -2.07. The third-order valence-corrected chi connectivity index (χ3v) is 4.89. The van der Waals surface area contributed by atoms with Gasteiger partial charge in [-0.1, -0.05) is 12.5 Å². The van der Waals surface area contributed by atoms with Crippen LogP contribution >= 0.6 is 0 Å². The van der Waals surface area contributed by atoms with E-state index < -0.39 is 5.82 Å². The Morgan fingerprint density at radius 1 is 0.955 bits per heavy atom. The van der Waals surface area contributed by atoms with Crippen molar-refractivity contribution in [3.8, 4) is 22.6 Å². The van der Waals surface area contributed by atoms with Crippen LogP contribution < -0.4 is 0 Å². The van der Waals surface area contributed by atoms with Crippen molar-refractivity contribution < 1.29 is 14.6 Å². The molecule has 1 aliphatic heterocycles. The van der Waals surface area contributed by atoms with Crippen LogP contribution in [0.25, 0.3) is 11.1 Å². The number of nitrogens with zero attached hydrogens (tertiary/aromatic N) is 1. The van der Waals surface area contributed by atoms with Crippen molar-refractivity contribution in [2.75, 3.05) is 0 Å². The number of benzene rings is 2. The van der Waals surface area contributed by atoms with Gasteiger partial charge in [-0.05, 0) is 59.4 Å². The molecule has 0 amide bonds. The van der Waals surface area contributed by atoms with Gasteiger partial charge in [0.05, 0.1) is 0 Å². The van der Waals surface area contributed by atoms with Crippen molar-refractivity contribution in [2.45, 2.75) is 38.4 Å². The number of rotatable bonds is 1. The Bertz CT molecular complexity index is 740. The molecule has 2 N–H and O–H groups in total. The SMILES string of the molecule is Oc1ccc2c(c1)CN(C1CCC1)Cc1cc(O)c(F)cc1-2. The standard InChI is InChI=1S/C18H18FNO2/c19-17-8-16-12(7-18(17)22)10-20(13-2-1-3-13)9-11-6-14(21)4-5-15(11)16/h4-8,13,21-22H,1-3,9-10H2. The summed E-state index contributed by atoms with van der Waals surface area (Å²) >= 11 is 0. The quantitative estimate of drug-likeness (QED) is 0.842. The minimum Gasteiger partial charge on any atom is -0.508 e. The van der Waals surface area contributed by atoms with Gasteiger partial charge in [0.15, 0.2) is 11.6 Å². The number of phenols is 2. The fraction of sp³-hybridized carbons (Fsp3) is 0.333. The highest BCUT2D eigenvalue weighted by molar-refractivity contribution is 5.73. The molecule has 0 atom stereocenters. The second-order valence-electron chi connectivity index (χ2n) is 6.29. The van der Waals surface area contributed by atoms with Gasteiger partial charge in [-0.3, -0.25) is 4.90 Å². The predicted octanol–water partition coefficient (Wildman–Crippen LogP) is 3.77. The molecular formula is C18H18FNO2. The zero-order valence-corrected chi connectivity index (χ0v) is 12.2. The minimum atomic E-state index is -0.602. The molecule has 2 aromatic rings. The molecule has 4 rings (SSSR count). The van der Waals surface area contributed by atoms with Crippen LogP contribution in [0.5, 0.6) is 11.5 Å². The van der Waals surface area contributed by atoms with Crippen LogP contribution in [0.15, 0.2) is 30.3 Å². The summed E-state index contributed by atoms with van der Waals surface area (Å²) in [6.07, 6.45) is 3.60. The van der Waals surface area contributed by atoms with Gasteiger partial charge in [-0.15, -0.1) is 0 Å². The van der Waals surface area contributed by atoms with E-state index in [1.807, 2.05) is 6.07 Å². The van der Waals surface area contributed by atoms with Gasteiger partial charge in [0, 0.05) is 19.1 Å². The first kappa shape index (κ1) is 13.6. The smallest absolute Gasteiger partial charge is 0.165 e. The maximum atomic E-state index is 13.8. The second kappa shape index (κ2) is 4.99. The van der Waals surface area contributed by atoms with Crippen LogP contribution in [-0.4, -0.2) is 21.2 Å². The first-order chi connectivity index (χ1) is 10.6. The van der Waals surface area contributed by atoms with Crippen molar-refractivity contribution in [3.63, 3.8) is 0 Å². The van der Waals surface area contributed by atoms with E-state index in [9.17, 15) is 14.6 Å². The molecular weight excluding hydrogens is 281 g/mol. The maximum Gasteiger partial charge on any atom is 0.165 e. The zero-order valence-electron chi connectivity index (χ0n) is 12.2. The average molecular weight is 299 g/mol. The first-order valence-electron chi connectivity index (χ1n) is 7.69. The third-order valence-electron chi connectivity index (χ3n) is 4.89. The monoisotopic (exact) mass is 299 g/mol. The number of hydrogen-bond acceptors (Lipinski definition) is 3. The van der Waals surface area contributed by atoms with Crippen molar-refractivity contribution in [2.24, 2.45) is 0 Å². The fourth-order valence-electron chi connectivity index (χ4n) is 3.46. The van der Waals surface area contributed by atoms with E-state index in [1.165, 1.54) is 31.4 Å². The molecule has 0 saturated heterocycles. The second-order valence-corrected chi connectivity index (χ2v) is 6.29. The Morgan fingerprint density at radius 2 is 1.68 bits per heavy atom. The summed E-state index contributed by atoms with van der Waals surface area (Å²) in [4.78, 5) is 2.37. The number of fused-ring (bicyclic) bond motifs is 3. The Balaban J connectivity index is 1.88. The largest absolute Gasteiger partial charge is 0.508 e. The molecule has 114 valence electrons. The van der Waals surface area contributed by atoms with E-state index in [4.69, 9.17) is 0 Å². The Kier molecular flexibility index (Phi) is 3.08. The van der Waals surface area contributed by atoms with E-state index in [0.717, 1.165) is 28.8 Å². The molecule has 2 aliphatic rings. The van der Waals surface area contributed by atoms with Crippen LogP contribution in [0.4, 0.5) is 4.39 Å². The molecule has 22 heavy (non-hydrogen) atoms. The topological polar surface area (TPSA) is 43.7 Å². The summed E-state index contributed by atoms with van der Waals surface area (Å²) in [6, 6.07) is 8.72. The van der Waals surface area contributed by atoms with E-state index in [-0.39, 0.29) is 11.5 Å². The summed E-state index contributed by atoms with van der Waals surface area (Å²) in [5, 5.41) is 19.5. The summed E-state index contributed by atoms with van der Waals surface area (Å²) in [5.41, 5.74) is 3.70. The molecule has 1 aliphatic carbocycles. The number of aromatic hydroxyl groups is 2. The molecule has 1 saturated carbocycles. The average Bonchev–Trinajstić information content (AvgIpc) is 2.54. The van der Waals surface area contributed by atoms with Crippen molar-refractivity contribution in [1.82, 2.24) is 4.90 Å². The van der Waals surface area contributed by atoms with Gasteiger partial charge in [-0.2, -0.15) is 0 Å². The zero-order chi connectivity index (χ0) is 15.3. The normalized spacial score (nSPS) is 18.2. The lowest BCUT2D eigenvalue weighted by molar-refractivity contribution is 0.113. The van der Waals surface area contributed by atoms with Crippen molar-refractivity contribution in [3.05, 3.63) is 47.3 Å². The highest BCUT2D eigenvalue weighted by atomic mass is 19.1. The third kappa shape index (κ3) is 2.15. The van der Waals surface area contributed by atoms with Gasteiger partial charge in [0.2, 0.25) is 0 Å². The molecule has 0 aromatic heterocycles. The van der Waals surface area contributed by atoms with Crippen LogP contribution in [0.3, 0.4) is 0 Å². The Morgan fingerprint density at radius 3 is 2.36 bits per heavy atom. The van der Waals surface area contributed by atoms with Gasteiger partial charge in [0.1, 0.15) is 5.75 Å². The molecule has 1 fully saturated rings. The first-order valence-corrected chi connectivity index (χ1v) is 7.69. The number of phenolic OH excluding ortho intramolecular Hbond substituents is 2. The maximum absolute atomic E-state index is 13.8. The van der Waals surface area contributed by atoms with Crippen molar-refractivity contribution >= 4 is 0 Å². The molecule has 0 radical (unpaired) electrons. The Labute approximate surface area is 128 Å². The van der Waals surface area contributed by atoms with Crippen LogP contribution in [-0.2, 0) is 13.1 Å². The summed E-state index contributed by atoms with van der Waals surface area (Å²) < 4.78 is 13.8. The van der Waals surface area contributed by atoms with Crippen LogP contribution in [0, 0.1) is 5.82 Å². The van der Waals surface area contributed by atoms with E-state index in [1.54, 1.807) is 12.1 Å². The molecule has 0 unspecified atom stereocenters. The van der Waals surface area contributed by atoms with Gasteiger partial charge in [-0.25, -0.2) is 4.39 Å². The fourth-order valence-corrected chi connectivity index (χ4v) is 3.46. The van der Waals surface area contributed by atoms with Crippen LogP contribution in [0.1, 0.15) is 30.4 Å². The number of halogens is 1. The molecule has 4 heteroatoms. The highest BCUT2D eigenvalue weighted by Crippen LogP contribution is 2.39. The van der Waals surface area contributed by atoms with Gasteiger partial charge < -0.3 is 10.2 Å². The van der Waals surface area contributed by atoms with E-state index >= 15 is 0 Å². The molecule has 3 nitrogen and oxygen atoms in total. The van der Waals surface area contributed by atoms with E-state index in [2.05, 4.69) is 4.90 Å². The lowest BCUT2D eigenvalue weighted by atomic mass is 9.91. The summed E-state index contributed by atoms with van der Waals surface area (Å²) in [7, 11) is 0. The minimum absolute atomic E-state index is 0.231. The number of hydrogen-bond donors (Lipinski definition) is 2.